The highest BCUT2D eigenvalue weighted by Crippen LogP contribution is 2.56. The van der Waals surface area contributed by atoms with Gasteiger partial charge in [-0.05, 0) is 30.9 Å². The first-order chi connectivity index (χ1) is 9.02. The average molecular weight is 322 g/mol. The van der Waals surface area contributed by atoms with Gasteiger partial charge in [0.15, 0.2) is 9.58 Å². The summed E-state index contributed by atoms with van der Waals surface area (Å²) in [6.45, 7) is 2.00. The van der Waals surface area contributed by atoms with Gasteiger partial charge in [-0.25, -0.2) is 0 Å². The van der Waals surface area contributed by atoms with Crippen LogP contribution in [0.5, 0.6) is 0 Å². The first-order valence-corrected chi connectivity index (χ1v) is 7.89. The largest absolute Gasteiger partial charge is 0.600 e. The van der Waals surface area contributed by atoms with Gasteiger partial charge in [0.05, 0.1) is 10.5 Å². The fourth-order valence-electron chi connectivity index (χ4n) is 2.80. The van der Waals surface area contributed by atoms with E-state index in [4.69, 9.17) is 0 Å². The number of benzene rings is 1. The highest BCUT2D eigenvalue weighted by Gasteiger charge is 2.50. The van der Waals surface area contributed by atoms with Gasteiger partial charge in [0.1, 0.15) is 0 Å². The van der Waals surface area contributed by atoms with Crippen molar-refractivity contribution < 1.29 is 13.2 Å². The molecule has 1 aromatic carbocycles. The Kier molecular flexibility index (Phi) is 4.35. The first kappa shape index (κ1) is 15.6. The molecule has 1 fully saturated rings. The second-order valence-electron chi connectivity index (χ2n) is 5.11. The summed E-state index contributed by atoms with van der Waals surface area (Å²) in [7, 11) is -1.69. The summed E-state index contributed by atoms with van der Waals surface area (Å²) < 4.78 is 40.7. The van der Waals surface area contributed by atoms with E-state index in [1.165, 1.54) is 0 Å². The molecule has 0 amide bonds. The van der Waals surface area contributed by atoms with Crippen molar-refractivity contribution in [1.29, 1.82) is 0 Å². The molecular formula is C15H17ClF3S+. The van der Waals surface area contributed by atoms with Gasteiger partial charge in [0.2, 0.25) is 0 Å². The molecule has 1 aliphatic carbocycles. The number of fused-ring (bicyclic) bond motifs is 1. The summed E-state index contributed by atoms with van der Waals surface area (Å²) in [6, 6.07) is 7.21. The van der Waals surface area contributed by atoms with Gasteiger partial charge >= 0.3 is 5.51 Å². The molecule has 0 bridgehead atoms. The van der Waals surface area contributed by atoms with E-state index in [1.807, 2.05) is 19.1 Å². The van der Waals surface area contributed by atoms with Crippen molar-refractivity contribution in [1.82, 2.24) is 0 Å². The zero-order chi connectivity index (χ0) is 13.6. The van der Waals surface area contributed by atoms with Crippen LogP contribution in [-0.2, 0) is 11.9 Å². The van der Waals surface area contributed by atoms with Gasteiger partial charge < -0.3 is 0 Å². The third kappa shape index (κ3) is 2.44. The summed E-state index contributed by atoms with van der Waals surface area (Å²) >= 11 is 0. The van der Waals surface area contributed by atoms with Gasteiger partial charge in [0.25, 0.3) is 0 Å². The van der Waals surface area contributed by atoms with Crippen LogP contribution in [0.15, 0.2) is 24.3 Å². The lowest BCUT2D eigenvalue weighted by Gasteiger charge is -2.21. The SMILES string of the molecule is CCc1cccc2c1cc(C1CCC1)[s+]2C(F)(F)F.Cl. The summed E-state index contributed by atoms with van der Waals surface area (Å²) in [5.41, 5.74) is -3.10. The molecular weight excluding hydrogens is 305 g/mol. The monoisotopic (exact) mass is 321 g/mol. The van der Waals surface area contributed by atoms with Crippen LogP contribution in [-0.4, -0.2) is 0 Å². The van der Waals surface area contributed by atoms with Gasteiger partial charge in [-0.1, -0.05) is 25.5 Å². The minimum atomic E-state index is -4.14. The molecule has 5 heteroatoms. The zero-order valence-electron chi connectivity index (χ0n) is 11.2. The van der Waals surface area contributed by atoms with E-state index in [9.17, 15) is 13.2 Å². The lowest BCUT2D eigenvalue weighted by atomic mass is 9.84. The number of hydrogen-bond donors (Lipinski definition) is 0. The Balaban J connectivity index is 0.00000147. The van der Waals surface area contributed by atoms with Crippen molar-refractivity contribution >= 4 is 33.0 Å². The fourth-order valence-corrected chi connectivity index (χ4v) is 5.00. The molecule has 1 aliphatic rings. The van der Waals surface area contributed by atoms with E-state index in [0.717, 1.165) is 36.6 Å². The summed E-state index contributed by atoms with van der Waals surface area (Å²) in [4.78, 5) is 0.634. The van der Waals surface area contributed by atoms with Crippen molar-refractivity contribution in [2.45, 2.75) is 44.0 Å². The van der Waals surface area contributed by atoms with Gasteiger partial charge in [-0.3, -0.25) is 0 Å². The van der Waals surface area contributed by atoms with E-state index >= 15 is 0 Å². The van der Waals surface area contributed by atoms with Crippen molar-refractivity contribution in [3.05, 3.63) is 34.7 Å². The summed E-state index contributed by atoms with van der Waals surface area (Å²) in [5, 5.41) is 0.840. The molecule has 0 aliphatic heterocycles. The quantitative estimate of drug-likeness (QED) is 0.568. The Morgan fingerprint density at radius 3 is 2.45 bits per heavy atom. The molecule has 3 rings (SSSR count). The number of rotatable bonds is 2. The highest BCUT2D eigenvalue weighted by atomic mass is 35.5. The molecule has 1 atom stereocenters. The lowest BCUT2D eigenvalue weighted by Crippen LogP contribution is -2.10. The first-order valence-electron chi connectivity index (χ1n) is 6.67. The van der Waals surface area contributed by atoms with Gasteiger partial charge in [-0.2, -0.15) is 0 Å². The molecule has 20 heavy (non-hydrogen) atoms. The lowest BCUT2D eigenvalue weighted by molar-refractivity contribution is -0.0868. The zero-order valence-corrected chi connectivity index (χ0v) is 12.8. The van der Waals surface area contributed by atoms with Crippen LogP contribution in [0.1, 0.15) is 42.5 Å². The molecule has 1 heterocycles. The minimum Gasteiger partial charge on any atom is -0.147 e. The molecule has 0 spiro atoms. The predicted molar refractivity (Wildman–Crippen MR) is 80.9 cm³/mol. The number of alkyl halides is 3. The number of hydrogen-bond acceptors (Lipinski definition) is 0. The minimum absolute atomic E-state index is 0. The molecule has 2 aromatic rings. The Hall–Kier alpha value is -0.740. The second kappa shape index (κ2) is 5.57. The van der Waals surface area contributed by atoms with E-state index in [1.54, 1.807) is 12.1 Å². The molecule has 0 radical (unpaired) electrons. The molecule has 0 N–H and O–H groups in total. The third-order valence-corrected chi connectivity index (χ3v) is 6.20. The molecule has 0 nitrogen and oxygen atoms in total. The summed E-state index contributed by atoms with van der Waals surface area (Å²) in [5.74, 6) is 0.155. The Morgan fingerprint density at radius 2 is 1.95 bits per heavy atom. The van der Waals surface area contributed by atoms with Gasteiger partial charge in [0, 0.05) is 17.4 Å². The standard InChI is InChI=1S/C15H16F3S.ClH/c1-2-10-5-4-8-13-12(10)9-14(11-6-3-7-11)19(13)15(16,17)18;/h4-5,8-9,11H,2-3,6-7H2,1H3;1H/q+1;. The van der Waals surface area contributed by atoms with Crippen molar-refractivity contribution in [3.63, 3.8) is 0 Å². The predicted octanol–water partition coefficient (Wildman–Crippen LogP) is 6.32. The molecule has 1 aromatic heterocycles. The smallest absolute Gasteiger partial charge is 0.147 e. The van der Waals surface area contributed by atoms with Crippen LogP contribution >= 0.6 is 22.9 Å². The number of aryl methyl sites for hydroxylation is 1. The maximum absolute atomic E-state index is 13.4. The van der Waals surface area contributed by atoms with Crippen molar-refractivity contribution in [2.75, 3.05) is 0 Å². The van der Waals surface area contributed by atoms with Crippen LogP contribution in [0, 0.1) is 0 Å². The Labute approximate surface area is 125 Å². The van der Waals surface area contributed by atoms with Crippen LogP contribution in [0.4, 0.5) is 13.2 Å². The topological polar surface area (TPSA) is 0 Å². The molecule has 1 unspecified atom stereocenters. The highest BCUT2D eigenvalue weighted by molar-refractivity contribution is 7.38. The van der Waals surface area contributed by atoms with Crippen LogP contribution in [0.2, 0.25) is 0 Å². The molecule has 1 saturated carbocycles. The number of thiophene rings is 1. The van der Waals surface area contributed by atoms with Crippen LogP contribution < -0.4 is 0 Å². The average Bonchev–Trinajstić information content (AvgIpc) is 2.64. The van der Waals surface area contributed by atoms with Gasteiger partial charge in [-0.15, -0.1) is 25.6 Å². The van der Waals surface area contributed by atoms with Crippen LogP contribution in [0.3, 0.4) is 0 Å². The third-order valence-electron chi connectivity index (χ3n) is 4.02. The molecule has 110 valence electrons. The van der Waals surface area contributed by atoms with E-state index < -0.39 is 16.0 Å². The molecule has 0 saturated heterocycles. The fraction of sp³-hybridized carbons (Fsp3) is 0.467. The van der Waals surface area contributed by atoms with E-state index in [-0.39, 0.29) is 18.3 Å². The van der Waals surface area contributed by atoms with Crippen molar-refractivity contribution in [3.8, 4) is 0 Å². The maximum atomic E-state index is 13.4. The Morgan fingerprint density at radius 1 is 1.25 bits per heavy atom. The van der Waals surface area contributed by atoms with Crippen molar-refractivity contribution in [2.24, 2.45) is 0 Å². The number of halogens is 4. The normalized spacial score (nSPS) is 16.9. The maximum Gasteiger partial charge on any atom is 0.600 e. The second-order valence-corrected chi connectivity index (χ2v) is 7.10. The van der Waals surface area contributed by atoms with E-state index in [0.29, 0.717) is 9.58 Å². The summed E-state index contributed by atoms with van der Waals surface area (Å²) in [6.07, 6.45) is 3.68. The van der Waals surface area contributed by atoms with Crippen LogP contribution in [0.25, 0.3) is 10.1 Å². The van der Waals surface area contributed by atoms with E-state index in [2.05, 4.69) is 0 Å². The Bertz CT molecular complexity index is 611.